The molecule has 1 saturated heterocycles. The Kier molecular flexibility index (Phi) is 5.69. The number of hydrogen-bond donors (Lipinski definition) is 2. The average Bonchev–Trinajstić information content (AvgIpc) is 2.82. The van der Waals surface area contributed by atoms with E-state index in [1.807, 2.05) is 21.1 Å². The maximum atomic E-state index is 9.26. The number of aliphatic hydroxyl groups excluding tert-OH is 2. The average molecular weight is 297 g/mol. The van der Waals surface area contributed by atoms with Crippen LogP contribution in [0.2, 0.25) is 0 Å². The monoisotopic (exact) mass is 297 g/mol. The van der Waals surface area contributed by atoms with E-state index in [1.165, 1.54) is 0 Å². The number of rotatable bonds is 6. The molecule has 0 spiro atoms. The van der Waals surface area contributed by atoms with Gasteiger partial charge in [0.1, 0.15) is 11.6 Å². The van der Waals surface area contributed by atoms with E-state index in [1.54, 1.807) is 0 Å². The van der Waals surface area contributed by atoms with Gasteiger partial charge in [0.15, 0.2) is 0 Å². The highest BCUT2D eigenvalue weighted by atomic mass is 16.3. The molecule has 1 aliphatic heterocycles. The molecule has 1 aromatic heterocycles. The second kappa shape index (κ2) is 7.31. The molecule has 0 unspecified atom stereocenters. The van der Waals surface area contributed by atoms with Crippen molar-refractivity contribution >= 4 is 0 Å². The van der Waals surface area contributed by atoms with Crippen molar-refractivity contribution < 1.29 is 10.2 Å². The topological polar surface area (TPSA) is 77.7 Å². The highest BCUT2D eigenvalue weighted by Crippen LogP contribution is 2.27. The van der Waals surface area contributed by atoms with Crippen LogP contribution in [-0.4, -0.2) is 81.2 Å². The van der Waals surface area contributed by atoms with Crippen LogP contribution in [0.4, 0.5) is 0 Å². The first-order chi connectivity index (χ1) is 10.1. The van der Waals surface area contributed by atoms with E-state index in [4.69, 9.17) is 0 Å². The smallest absolute Gasteiger partial charge is 0.146 e. The summed E-state index contributed by atoms with van der Waals surface area (Å²) >= 11 is 0. The van der Waals surface area contributed by atoms with Crippen molar-refractivity contribution in [2.75, 3.05) is 40.4 Å². The van der Waals surface area contributed by atoms with Crippen LogP contribution < -0.4 is 0 Å². The lowest BCUT2D eigenvalue weighted by molar-refractivity contribution is 0.0561. The van der Waals surface area contributed by atoms with Crippen molar-refractivity contribution in [1.29, 1.82) is 0 Å². The maximum Gasteiger partial charge on any atom is 0.146 e. The van der Waals surface area contributed by atoms with Gasteiger partial charge in [-0.15, -0.1) is 10.2 Å². The lowest BCUT2D eigenvalue weighted by Gasteiger charge is -2.35. The summed E-state index contributed by atoms with van der Waals surface area (Å²) in [6, 6.07) is -0.130. The van der Waals surface area contributed by atoms with Gasteiger partial charge in [-0.1, -0.05) is 0 Å². The third-order valence-electron chi connectivity index (χ3n) is 4.29. The fourth-order valence-corrected chi connectivity index (χ4v) is 2.96. The third-order valence-corrected chi connectivity index (χ3v) is 4.29. The highest BCUT2D eigenvalue weighted by Gasteiger charge is 2.28. The van der Waals surface area contributed by atoms with Crippen LogP contribution >= 0.6 is 0 Å². The van der Waals surface area contributed by atoms with Crippen LogP contribution in [0.25, 0.3) is 0 Å². The Hall–Kier alpha value is -1.02. The second-order valence-corrected chi connectivity index (χ2v) is 6.10. The lowest BCUT2D eigenvalue weighted by Crippen LogP contribution is -2.45. The van der Waals surface area contributed by atoms with Crippen LogP contribution in [0.3, 0.4) is 0 Å². The molecule has 1 aromatic rings. The third kappa shape index (κ3) is 3.79. The minimum absolute atomic E-state index is 0.0120. The summed E-state index contributed by atoms with van der Waals surface area (Å²) in [5, 5.41) is 27.2. The van der Waals surface area contributed by atoms with Gasteiger partial charge >= 0.3 is 0 Å². The number of hydrogen-bond acceptors (Lipinski definition) is 6. The molecule has 2 heterocycles. The SMILES string of the molecule is CN(C)Cc1nnc(C2CCN(C(CO)CO)CC2)n1C. The molecule has 7 nitrogen and oxygen atoms in total. The summed E-state index contributed by atoms with van der Waals surface area (Å²) < 4.78 is 2.11. The molecule has 0 amide bonds. The van der Waals surface area contributed by atoms with Gasteiger partial charge in [-0.3, -0.25) is 4.90 Å². The van der Waals surface area contributed by atoms with E-state index in [0.29, 0.717) is 5.92 Å². The van der Waals surface area contributed by atoms with Gasteiger partial charge in [0.2, 0.25) is 0 Å². The molecule has 0 atom stereocenters. The largest absolute Gasteiger partial charge is 0.395 e. The van der Waals surface area contributed by atoms with Gasteiger partial charge in [-0.25, -0.2) is 0 Å². The van der Waals surface area contributed by atoms with Gasteiger partial charge in [0.05, 0.1) is 25.8 Å². The normalized spacial score (nSPS) is 18.0. The molecule has 0 aliphatic carbocycles. The van der Waals surface area contributed by atoms with Crippen LogP contribution in [0, 0.1) is 0 Å². The standard InChI is InChI=1S/C14H27N5O2/c1-17(2)8-13-15-16-14(18(13)3)11-4-6-19(7-5-11)12(9-20)10-21/h11-12,20-21H,4-10H2,1-3H3. The Morgan fingerprint density at radius 1 is 1.19 bits per heavy atom. The Balaban J connectivity index is 1.98. The summed E-state index contributed by atoms with van der Waals surface area (Å²) in [6.45, 7) is 2.58. The van der Waals surface area contributed by atoms with Crippen molar-refractivity contribution in [2.45, 2.75) is 31.3 Å². The molecule has 2 N–H and O–H groups in total. The van der Waals surface area contributed by atoms with Crippen LogP contribution in [0.15, 0.2) is 0 Å². The Morgan fingerprint density at radius 2 is 1.81 bits per heavy atom. The molecular formula is C14H27N5O2. The summed E-state index contributed by atoms with van der Waals surface area (Å²) in [7, 11) is 6.08. The highest BCUT2D eigenvalue weighted by molar-refractivity contribution is 5.03. The van der Waals surface area contributed by atoms with E-state index in [-0.39, 0.29) is 19.3 Å². The summed E-state index contributed by atoms with van der Waals surface area (Å²) in [6.07, 6.45) is 1.98. The number of nitrogens with zero attached hydrogens (tertiary/aromatic N) is 5. The molecule has 2 rings (SSSR count). The molecule has 0 bridgehead atoms. The first-order valence-corrected chi connectivity index (χ1v) is 7.55. The van der Waals surface area contributed by atoms with E-state index in [9.17, 15) is 10.2 Å². The molecule has 21 heavy (non-hydrogen) atoms. The molecule has 120 valence electrons. The van der Waals surface area contributed by atoms with Crippen molar-refractivity contribution in [3.8, 4) is 0 Å². The molecule has 0 saturated carbocycles. The number of piperidine rings is 1. The minimum Gasteiger partial charge on any atom is -0.395 e. The van der Waals surface area contributed by atoms with Crippen molar-refractivity contribution in [3.05, 3.63) is 11.6 Å². The minimum atomic E-state index is -0.130. The second-order valence-electron chi connectivity index (χ2n) is 6.10. The van der Waals surface area contributed by atoms with Crippen LogP contribution in [0.5, 0.6) is 0 Å². The quantitative estimate of drug-likeness (QED) is 0.731. The van der Waals surface area contributed by atoms with E-state index in [0.717, 1.165) is 44.1 Å². The van der Waals surface area contributed by atoms with Crippen molar-refractivity contribution in [2.24, 2.45) is 7.05 Å². The molecule has 0 aromatic carbocycles. The number of aliphatic hydroxyl groups is 2. The van der Waals surface area contributed by atoms with E-state index >= 15 is 0 Å². The zero-order chi connectivity index (χ0) is 15.4. The van der Waals surface area contributed by atoms with Gasteiger partial charge in [-0.2, -0.15) is 0 Å². The van der Waals surface area contributed by atoms with Crippen LogP contribution in [-0.2, 0) is 13.6 Å². The van der Waals surface area contributed by atoms with Crippen LogP contribution in [0.1, 0.15) is 30.4 Å². The Labute approximate surface area is 126 Å². The number of likely N-dealkylation sites (tertiary alicyclic amines) is 1. The van der Waals surface area contributed by atoms with Gasteiger partial charge in [-0.05, 0) is 40.0 Å². The predicted molar refractivity (Wildman–Crippen MR) is 79.9 cm³/mol. The number of aromatic nitrogens is 3. The first kappa shape index (κ1) is 16.4. The van der Waals surface area contributed by atoms with Crippen molar-refractivity contribution in [1.82, 2.24) is 24.6 Å². The first-order valence-electron chi connectivity index (χ1n) is 7.55. The molecule has 1 fully saturated rings. The fourth-order valence-electron chi connectivity index (χ4n) is 2.96. The maximum absolute atomic E-state index is 9.26. The van der Waals surface area contributed by atoms with E-state index in [2.05, 4.69) is 24.6 Å². The van der Waals surface area contributed by atoms with E-state index < -0.39 is 0 Å². The summed E-state index contributed by atoms with van der Waals surface area (Å²) in [5.74, 6) is 2.45. The molecule has 0 radical (unpaired) electrons. The van der Waals surface area contributed by atoms with Gasteiger partial charge in [0, 0.05) is 13.0 Å². The zero-order valence-corrected chi connectivity index (χ0v) is 13.2. The summed E-state index contributed by atoms with van der Waals surface area (Å²) in [4.78, 5) is 4.25. The molecule has 1 aliphatic rings. The summed E-state index contributed by atoms with van der Waals surface area (Å²) in [5.41, 5.74) is 0. The lowest BCUT2D eigenvalue weighted by atomic mass is 9.95. The Morgan fingerprint density at radius 3 is 2.33 bits per heavy atom. The molecular weight excluding hydrogens is 270 g/mol. The Bertz CT molecular complexity index is 437. The predicted octanol–water partition coefficient (Wildman–Crippen LogP) is -0.591. The van der Waals surface area contributed by atoms with Gasteiger partial charge in [0.25, 0.3) is 0 Å². The van der Waals surface area contributed by atoms with Crippen molar-refractivity contribution in [3.63, 3.8) is 0 Å². The van der Waals surface area contributed by atoms with Gasteiger partial charge < -0.3 is 19.7 Å². The fraction of sp³-hybridized carbons (Fsp3) is 0.857. The zero-order valence-electron chi connectivity index (χ0n) is 13.2. The molecule has 7 heteroatoms.